The van der Waals surface area contributed by atoms with Crippen LogP contribution in [0, 0.1) is 12.8 Å². The Hall–Kier alpha value is -3.21. The van der Waals surface area contributed by atoms with Crippen molar-refractivity contribution in [2.24, 2.45) is 5.92 Å². The van der Waals surface area contributed by atoms with Crippen molar-refractivity contribution in [2.75, 3.05) is 0 Å². The van der Waals surface area contributed by atoms with E-state index in [4.69, 9.17) is 9.15 Å². The maximum absolute atomic E-state index is 13.1. The maximum Gasteiger partial charge on any atom is 0.336 e. The molecule has 0 N–H and O–H groups in total. The fourth-order valence-electron chi connectivity index (χ4n) is 2.63. The molecular weight excluding hydrogens is 332 g/mol. The molecule has 132 valence electrons. The van der Waals surface area contributed by atoms with Gasteiger partial charge in [0, 0.05) is 17.0 Å². The van der Waals surface area contributed by atoms with E-state index in [0.29, 0.717) is 16.5 Å². The van der Waals surface area contributed by atoms with Gasteiger partial charge in [0.25, 0.3) is 0 Å². The molecule has 2 aromatic carbocycles. The van der Waals surface area contributed by atoms with Crippen molar-refractivity contribution in [3.63, 3.8) is 0 Å². The Kier molecular flexibility index (Phi) is 4.71. The highest BCUT2D eigenvalue weighted by atomic mass is 16.5. The van der Waals surface area contributed by atoms with Gasteiger partial charge in [0.15, 0.2) is 5.58 Å². The number of rotatable bonds is 4. The normalized spacial score (nSPS) is 10.9. The van der Waals surface area contributed by atoms with Gasteiger partial charge in [0.2, 0.25) is 5.78 Å². The number of fused-ring (bicyclic) bond motifs is 1. The lowest BCUT2D eigenvalue weighted by Crippen LogP contribution is -2.17. The SMILES string of the molecule is Cc1cc(=O)oc2c(C(=O)c3ccccc3)c(OC(=O)C(C)C)ccc12. The number of esters is 1. The Bertz CT molecular complexity index is 1050. The molecule has 0 saturated heterocycles. The lowest BCUT2D eigenvalue weighted by molar-refractivity contribution is -0.137. The minimum Gasteiger partial charge on any atom is -0.425 e. The summed E-state index contributed by atoms with van der Waals surface area (Å²) in [5.74, 6) is -1.13. The summed E-state index contributed by atoms with van der Waals surface area (Å²) in [5, 5.41) is 0.619. The third-order valence-electron chi connectivity index (χ3n) is 4.03. The highest BCUT2D eigenvalue weighted by molar-refractivity contribution is 6.17. The lowest BCUT2D eigenvalue weighted by atomic mass is 9.98. The van der Waals surface area contributed by atoms with Crippen LogP contribution in [-0.4, -0.2) is 11.8 Å². The Balaban J connectivity index is 2.29. The van der Waals surface area contributed by atoms with E-state index in [1.807, 2.05) is 0 Å². The number of hydrogen-bond donors (Lipinski definition) is 0. The van der Waals surface area contributed by atoms with Gasteiger partial charge in [-0.25, -0.2) is 4.79 Å². The van der Waals surface area contributed by atoms with Gasteiger partial charge in [-0.1, -0.05) is 44.2 Å². The van der Waals surface area contributed by atoms with Crippen molar-refractivity contribution < 1.29 is 18.7 Å². The Morgan fingerprint density at radius 1 is 1.04 bits per heavy atom. The van der Waals surface area contributed by atoms with E-state index in [-0.39, 0.29) is 28.6 Å². The predicted octanol–water partition coefficient (Wildman–Crippen LogP) is 3.89. The Morgan fingerprint density at radius 2 is 1.73 bits per heavy atom. The van der Waals surface area contributed by atoms with E-state index >= 15 is 0 Å². The first-order valence-electron chi connectivity index (χ1n) is 8.27. The molecular formula is C21H18O5. The zero-order chi connectivity index (χ0) is 18.8. The molecule has 1 aromatic heterocycles. The van der Waals surface area contributed by atoms with Crippen molar-refractivity contribution in [3.8, 4) is 5.75 Å². The summed E-state index contributed by atoms with van der Waals surface area (Å²) < 4.78 is 10.7. The summed E-state index contributed by atoms with van der Waals surface area (Å²) in [6, 6.07) is 13.2. The van der Waals surface area contributed by atoms with Gasteiger partial charge in [-0.3, -0.25) is 9.59 Å². The van der Waals surface area contributed by atoms with E-state index in [2.05, 4.69) is 0 Å². The minimum absolute atomic E-state index is 0.0727. The van der Waals surface area contributed by atoms with E-state index in [1.165, 1.54) is 6.07 Å². The molecule has 0 fully saturated rings. The molecule has 5 heteroatoms. The van der Waals surface area contributed by atoms with Crippen molar-refractivity contribution in [1.82, 2.24) is 0 Å². The number of benzene rings is 2. The maximum atomic E-state index is 13.1. The minimum atomic E-state index is -0.565. The first-order valence-corrected chi connectivity index (χ1v) is 8.27. The van der Waals surface area contributed by atoms with Crippen LogP contribution in [0.25, 0.3) is 11.0 Å². The second-order valence-electron chi connectivity index (χ2n) is 6.33. The molecule has 0 bridgehead atoms. The van der Waals surface area contributed by atoms with Gasteiger partial charge in [-0.05, 0) is 24.6 Å². The van der Waals surface area contributed by atoms with Crippen molar-refractivity contribution in [1.29, 1.82) is 0 Å². The van der Waals surface area contributed by atoms with Crippen LogP contribution in [0.5, 0.6) is 5.75 Å². The van der Waals surface area contributed by atoms with Gasteiger partial charge in [-0.2, -0.15) is 0 Å². The largest absolute Gasteiger partial charge is 0.425 e. The van der Waals surface area contributed by atoms with Gasteiger partial charge < -0.3 is 9.15 Å². The smallest absolute Gasteiger partial charge is 0.336 e. The van der Waals surface area contributed by atoms with Crippen LogP contribution in [0.1, 0.15) is 35.3 Å². The van der Waals surface area contributed by atoms with Gasteiger partial charge in [0.05, 0.1) is 5.92 Å². The van der Waals surface area contributed by atoms with Gasteiger partial charge in [0.1, 0.15) is 11.3 Å². The summed E-state index contributed by atoms with van der Waals surface area (Å²) in [6.07, 6.45) is 0. The standard InChI is InChI=1S/C21H18O5/c1-12(2)21(24)25-16-10-9-15-13(3)11-17(22)26-20(15)18(16)19(23)14-7-5-4-6-8-14/h4-12H,1-3H3. The van der Waals surface area contributed by atoms with Crippen LogP contribution >= 0.6 is 0 Å². The van der Waals surface area contributed by atoms with Gasteiger partial charge >= 0.3 is 11.6 Å². The lowest BCUT2D eigenvalue weighted by Gasteiger charge is -2.13. The van der Waals surface area contributed by atoms with Crippen molar-refractivity contribution >= 4 is 22.7 Å². The number of hydrogen-bond acceptors (Lipinski definition) is 5. The highest BCUT2D eigenvalue weighted by Gasteiger charge is 2.23. The van der Waals surface area contributed by atoms with Crippen LogP contribution in [0.15, 0.2) is 57.7 Å². The van der Waals surface area contributed by atoms with E-state index < -0.39 is 11.6 Å². The molecule has 0 saturated carbocycles. The quantitative estimate of drug-likeness (QED) is 0.309. The van der Waals surface area contributed by atoms with Crippen LogP contribution in [0.2, 0.25) is 0 Å². The monoisotopic (exact) mass is 350 g/mol. The summed E-state index contributed by atoms with van der Waals surface area (Å²) >= 11 is 0. The second kappa shape index (κ2) is 6.96. The van der Waals surface area contributed by atoms with Crippen LogP contribution in [0.4, 0.5) is 0 Å². The van der Waals surface area contributed by atoms with Crippen LogP contribution < -0.4 is 10.4 Å². The molecule has 0 aliphatic rings. The average Bonchev–Trinajstić information content (AvgIpc) is 2.61. The molecule has 0 unspecified atom stereocenters. The average molecular weight is 350 g/mol. The molecule has 0 aliphatic carbocycles. The highest BCUT2D eigenvalue weighted by Crippen LogP contribution is 2.31. The number of aryl methyl sites for hydroxylation is 1. The summed E-state index contributed by atoms with van der Waals surface area (Å²) in [7, 11) is 0. The molecule has 0 spiro atoms. The number of carbonyl (C=O) groups excluding carboxylic acids is 2. The van der Waals surface area contributed by atoms with E-state index in [1.54, 1.807) is 63.2 Å². The van der Waals surface area contributed by atoms with Crippen molar-refractivity contribution in [2.45, 2.75) is 20.8 Å². The van der Waals surface area contributed by atoms with Crippen molar-refractivity contribution in [3.05, 3.63) is 75.6 Å². The first-order chi connectivity index (χ1) is 12.4. The third-order valence-corrected chi connectivity index (χ3v) is 4.03. The second-order valence-corrected chi connectivity index (χ2v) is 6.33. The number of carbonyl (C=O) groups is 2. The third kappa shape index (κ3) is 3.28. The van der Waals surface area contributed by atoms with Crippen LogP contribution in [0.3, 0.4) is 0 Å². The van der Waals surface area contributed by atoms with E-state index in [0.717, 1.165) is 0 Å². The van der Waals surface area contributed by atoms with E-state index in [9.17, 15) is 14.4 Å². The summed E-state index contributed by atoms with van der Waals surface area (Å²) in [6.45, 7) is 5.16. The molecule has 0 amide bonds. The molecule has 3 aromatic rings. The molecule has 0 atom stereocenters. The number of ketones is 1. The first kappa shape index (κ1) is 17.6. The fourth-order valence-corrected chi connectivity index (χ4v) is 2.63. The topological polar surface area (TPSA) is 73.6 Å². The zero-order valence-corrected chi connectivity index (χ0v) is 14.7. The summed E-state index contributed by atoms with van der Waals surface area (Å²) in [5.41, 5.74) is 0.719. The Morgan fingerprint density at radius 3 is 2.38 bits per heavy atom. The Labute approximate surface area is 150 Å². The zero-order valence-electron chi connectivity index (χ0n) is 14.7. The number of ether oxygens (including phenoxy) is 1. The molecule has 0 radical (unpaired) electrons. The summed E-state index contributed by atoms with van der Waals surface area (Å²) in [4.78, 5) is 37.0. The van der Waals surface area contributed by atoms with Crippen LogP contribution in [-0.2, 0) is 4.79 Å². The fraction of sp³-hybridized carbons (Fsp3) is 0.190. The van der Waals surface area contributed by atoms with Gasteiger partial charge in [-0.15, -0.1) is 0 Å². The molecule has 5 nitrogen and oxygen atoms in total. The molecule has 0 aliphatic heterocycles. The molecule has 3 rings (SSSR count). The predicted molar refractivity (Wildman–Crippen MR) is 97.6 cm³/mol. The molecule has 1 heterocycles. The molecule has 26 heavy (non-hydrogen) atoms.